The Bertz CT molecular complexity index is 859. The van der Waals surface area contributed by atoms with Gasteiger partial charge in [0.05, 0.1) is 5.69 Å². The third-order valence-electron chi connectivity index (χ3n) is 6.66. The van der Waals surface area contributed by atoms with E-state index in [1.54, 1.807) is 5.38 Å². The number of halogens is 2. The molecule has 1 N–H and O–H groups in total. The average molecular weight is 388 g/mol. The van der Waals surface area contributed by atoms with Gasteiger partial charge in [0.1, 0.15) is 11.6 Å². The second-order valence-corrected chi connectivity index (χ2v) is 9.66. The molecule has 4 saturated carbocycles. The van der Waals surface area contributed by atoms with Crippen molar-refractivity contribution in [3.63, 3.8) is 0 Å². The van der Waals surface area contributed by atoms with Crippen molar-refractivity contribution >= 4 is 22.4 Å². The molecule has 4 bridgehead atoms. The van der Waals surface area contributed by atoms with Gasteiger partial charge in [-0.3, -0.25) is 4.79 Å². The molecule has 0 unspecified atom stereocenters. The maximum Gasteiger partial charge on any atom is 0.226 e. The van der Waals surface area contributed by atoms with Gasteiger partial charge in [-0.05, 0) is 79.9 Å². The van der Waals surface area contributed by atoms with Crippen LogP contribution >= 0.6 is 11.3 Å². The Kier molecular flexibility index (Phi) is 4.08. The molecule has 0 radical (unpaired) electrons. The Morgan fingerprint density at radius 3 is 2.48 bits per heavy atom. The molecule has 0 atom stereocenters. The highest BCUT2D eigenvalue weighted by molar-refractivity contribution is 7.14. The number of anilines is 1. The molecule has 0 saturated heterocycles. The molecule has 1 amide bonds. The maximum absolute atomic E-state index is 13.9. The van der Waals surface area contributed by atoms with Gasteiger partial charge in [-0.15, -0.1) is 11.3 Å². The Hall–Kier alpha value is -1.82. The predicted molar refractivity (Wildman–Crippen MR) is 101 cm³/mol. The highest BCUT2D eigenvalue weighted by Gasteiger charge is 2.51. The van der Waals surface area contributed by atoms with E-state index in [0.717, 1.165) is 36.0 Å². The third-order valence-corrected chi connectivity index (χ3v) is 7.41. The number of hydrogen-bond acceptors (Lipinski definition) is 3. The summed E-state index contributed by atoms with van der Waals surface area (Å²) in [6.45, 7) is 0. The lowest BCUT2D eigenvalue weighted by Crippen LogP contribution is -2.47. The Morgan fingerprint density at radius 2 is 1.81 bits per heavy atom. The molecule has 142 valence electrons. The average Bonchev–Trinajstić information content (AvgIpc) is 3.03. The molecule has 1 heterocycles. The van der Waals surface area contributed by atoms with Gasteiger partial charge < -0.3 is 5.32 Å². The molecule has 6 heteroatoms. The summed E-state index contributed by atoms with van der Waals surface area (Å²) >= 11 is 1.25. The molecular weight excluding hydrogens is 366 g/mol. The van der Waals surface area contributed by atoms with Crippen molar-refractivity contribution in [2.24, 2.45) is 23.2 Å². The number of rotatable bonds is 4. The molecule has 0 aliphatic heterocycles. The van der Waals surface area contributed by atoms with Gasteiger partial charge in [-0.25, -0.2) is 13.8 Å². The number of thiazole rings is 1. The van der Waals surface area contributed by atoms with Crippen LogP contribution in [0.2, 0.25) is 0 Å². The highest BCUT2D eigenvalue weighted by atomic mass is 32.1. The van der Waals surface area contributed by atoms with Crippen molar-refractivity contribution in [1.82, 2.24) is 4.98 Å². The van der Waals surface area contributed by atoms with Crippen LogP contribution in [0.5, 0.6) is 0 Å². The lowest BCUT2D eigenvalue weighted by molar-refractivity contribution is -0.124. The van der Waals surface area contributed by atoms with Crippen molar-refractivity contribution in [2.45, 2.75) is 44.9 Å². The summed E-state index contributed by atoms with van der Waals surface area (Å²) in [7, 11) is 0. The van der Waals surface area contributed by atoms with Crippen LogP contribution in [0.4, 0.5) is 13.9 Å². The fraction of sp³-hybridized carbons (Fsp3) is 0.524. The standard InChI is InChI=1S/C21H22F2N2OS/c22-15-1-2-17(23)16(6-15)18-11-27-20(24-18)25-19(26)10-21-7-12-3-13(8-21)5-14(4-12)9-21/h1-2,6,11-14H,3-5,7-10H2,(H,24,25,26). The first-order valence-corrected chi connectivity index (χ1v) is 10.6. The molecular formula is C21H22F2N2OS. The molecule has 0 spiro atoms. The summed E-state index contributed by atoms with van der Waals surface area (Å²) in [5, 5.41) is 4.99. The van der Waals surface area contributed by atoms with E-state index in [0.29, 0.717) is 17.2 Å². The first-order chi connectivity index (χ1) is 13.0. The van der Waals surface area contributed by atoms with E-state index in [1.165, 1.54) is 49.9 Å². The van der Waals surface area contributed by atoms with Crippen LogP contribution in [0.3, 0.4) is 0 Å². The molecule has 2 aromatic rings. The zero-order valence-corrected chi connectivity index (χ0v) is 15.8. The number of nitrogens with one attached hydrogen (secondary N) is 1. The lowest BCUT2D eigenvalue weighted by atomic mass is 9.49. The van der Waals surface area contributed by atoms with E-state index in [1.807, 2.05) is 0 Å². The fourth-order valence-corrected chi connectivity index (χ4v) is 6.89. The Morgan fingerprint density at radius 1 is 1.15 bits per heavy atom. The van der Waals surface area contributed by atoms with Gasteiger partial charge in [0.15, 0.2) is 5.13 Å². The molecule has 1 aromatic carbocycles. The SMILES string of the molecule is O=C(CC12CC3CC(CC(C3)C1)C2)Nc1nc(-c2cc(F)ccc2F)cs1. The first kappa shape index (κ1) is 17.3. The summed E-state index contributed by atoms with van der Waals surface area (Å²) in [5.74, 6) is 1.40. The maximum atomic E-state index is 13.9. The minimum Gasteiger partial charge on any atom is -0.302 e. The van der Waals surface area contributed by atoms with E-state index >= 15 is 0 Å². The second-order valence-electron chi connectivity index (χ2n) is 8.80. The van der Waals surface area contributed by atoms with Crippen LogP contribution in [0, 0.1) is 34.8 Å². The Balaban J connectivity index is 1.28. The summed E-state index contributed by atoms with van der Waals surface area (Å²) in [4.78, 5) is 17.0. The summed E-state index contributed by atoms with van der Waals surface area (Å²) < 4.78 is 27.3. The van der Waals surface area contributed by atoms with E-state index in [4.69, 9.17) is 0 Å². The minimum atomic E-state index is -0.520. The number of benzene rings is 1. The number of carbonyl (C=O) groups excluding carboxylic acids is 1. The van der Waals surface area contributed by atoms with Gasteiger partial charge in [-0.2, -0.15) is 0 Å². The van der Waals surface area contributed by atoms with Crippen LogP contribution in [-0.4, -0.2) is 10.9 Å². The zero-order valence-electron chi connectivity index (χ0n) is 15.0. The second kappa shape index (κ2) is 6.36. The number of hydrogen-bond donors (Lipinski definition) is 1. The Labute approximate surface area is 161 Å². The van der Waals surface area contributed by atoms with Crippen LogP contribution < -0.4 is 5.32 Å². The molecule has 4 aliphatic rings. The number of nitrogens with zero attached hydrogens (tertiary/aromatic N) is 1. The van der Waals surface area contributed by atoms with Crippen LogP contribution in [0.25, 0.3) is 11.3 Å². The van der Waals surface area contributed by atoms with Crippen LogP contribution in [-0.2, 0) is 4.79 Å². The zero-order chi connectivity index (χ0) is 18.6. The molecule has 6 rings (SSSR count). The summed E-state index contributed by atoms with van der Waals surface area (Å²) in [6.07, 6.45) is 8.18. The van der Waals surface area contributed by atoms with Crippen molar-refractivity contribution in [2.75, 3.05) is 5.32 Å². The van der Waals surface area contributed by atoms with E-state index < -0.39 is 11.6 Å². The van der Waals surface area contributed by atoms with Crippen molar-refractivity contribution < 1.29 is 13.6 Å². The predicted octanol–water partition coefficient (Wildman–Crippen LogP) is 5.63. The first-order valence-electron chi connectivity index (χ1n) is 9.69. The minimum absolute atomic E-state index is 0.00226. The fourth-order valence-electron chi connectivity index (χ4n) is 6.16. The van der Waals surface area contributed by atoms with Gasteiger partial charge >= 0.3 is 0 Å². The quantitative estimate of drug-likeness (QED) is 0.737. The van der Waals surface area contributed by atoms with Crippen molar-refractivity contribution in [3.05, 3.63) is 35.2 Å². The molecule has 27 heavy (non-hydrogen) atoms. The monoisotopic (exact) mass is 388 g/mol. The number of carbonyl (C=O) groups is 1. The smallest absolute Gasteiger partial charge is 0.226 e. The van der Waals surface area contributed by atoms with Gasteiger partial charge in [-0.1, -0.05) is 0 Å². The molecule has 1 aromatic heterocycles. The van der Waals surface area contributed by atoms with Crippen molar-refractivity contribution in [1.29, 1.82) is 0 Å². The lowest BCUT2D eigenvalue weighted by Gasteiger charge is -2.56. The van der Waals surface area contributed by atoms with E-state index in [2.05, 4.69) is 10.3 Å². The number of aromatic nitrogens is 1. The molecule has 4 fully saturated rings. The normalized spacial score (nSPS) is 31.3. The van der Waals surface area contributed by atoms with Gasteiger partial charge in [0, 0.05) is 17.4 Å². The molecule has 3 nitrogen and oxygen atoms in total. The summed E-state index contributed by atoms with van der Waals surface area (Å²) in [5.41, 5.74) is 0.642. The number of amides is 1. The van der Waals surface area contributed by atoms with Gasteiger partial charge in [0.25, 0.3) is 0 Å². The van der Waals surface area contributed by atoms with Crippen molar-refractivity contribution in [3.8, 4) is 11.3 Å². The van der Waals surface area contributed by atoms with E-state index in [-0.39, 0.29) is 16.9 Å². The molecule has 4 aliphatic carbocycles. The van der Waals surface area contributed by atoms with E-state index in [9.17, 15) is 13.6 Å². The summed E-state index contributed by atoms with van der Waals surface area (Å²) in [6, 6.07) is 3.31. The topological polar surface area (TPSA) is 42.0 Å². The largest absolute Gasteiger partial charge is 0.302 e. The van der Waals surface area contributed by atoms with Crippen LogP contribution in [0.1, 0.15) is 44.9 Å². The third kappa shape index (κ3) is 3.28. The van der Waals surface area contributed by atoms with Crippen LogP contribution in [0.15, 0.2) is 23.6 Å². The van der Waals surface area contributed by atoms with Gasteiger partial charge in [0.2, 0.25) is 5.91 Å². The highest BCUT2D eigenvalue weighted by Crippen LogP contribution is 2.61.